The van der Waals surface area contributed by atoms with Crippen LogP contribution in [0, 0.1) is 11.6 Å². The highest BCUT2D eigenvalue weighted by Crippen LogP contribution is 2.21. The summed E-state index contributed by atoms with van der Waals surface area (Å²) in [7, 11) is 1.75. The number of nitrogens with zero attached hydrogens (tertiary/aromatic N) is 4. The second kappa shape index (κ2) is 10.4. The van der Waals surface area contributed by atoms with Gasteiger partial charge in [-0.1, -0.05) is 6.07 Å². The smallest absolute Gasteiger partial charge is 0.193 e. The van der Waals surface area contributed by atoms with Gasteiger partial charge in [-0.05, 0) is 24.3 Å². The van der Waals surface area contributed by atoms with E-state index in [4.69, 9.17) is 0 Å². The molecule has 146 valence electrons. The van der Waals surface area contributed by atoms with Gasteiger partial charge in [0.1, 0.15) is 11.6 Å². The lowest BCUT2D eigenvalue weighted by Crippen LogP contribution is -2.53. The molecule has 0 saturated carbocycles. The number of aromatic nitrogens is 1. The van der Waals surface area contributed by atoms with E-state index in [0.29, 0.717) is 31.9 Å². The first-order valence-corrected chi connectivity index (χ1v) is 8.73. The maximum atomic E-state index is 13.9. The van der Waals surface area contributed by atoms with Crippen molar-refractivity contribution in [3.63, 3.8) is 0 Å². The highest BCUT2D eigenvalue weighted by Gasteiger charge is 2.21. The minimum Gasteiger partial charge on any atom is -0.366 e. The SMILES string of the molecule is CN=C(NCCc1ccccn1)N1CCN(c2cc(F)ccc2F)CC1.I. The summed E-state index contributed by atoms with van der Waals surface area (Å²) >= 11 is 0. The topological polar surface area (TPSA) is 43.8 Å². The highest BCUT2D eigenvalue weighted by atomic mass is 127. The molecule has 1 aromatic carbocycles. The number of aliphatic imine (C=N–C) groups is 1. The Morgan fingerprint density at radius 3 is 2.59 bits per heavy atom. The molecule has 1 N–H and O–H groups in total. The number of guanidine groups is 1. The van der Waals surface area contributed by atoms with Crippen molar-refractivity contribution < 1.29 is 8.78 Å². The van der Waals surface area contributed by atoms with Crippen LogP contribution in [0.5, 0.6) is 0 Å². The van der Waals surface area contributed by atoms with Crippen LogP contribution >= 0.6 is 24.0 Å². The van der Waals surface area contributed by atoms with Gasteiger partial charge in [-0.25, -0.2) is 8.78 Å². The summed E-state index contributed by atoms with van der Waals surface area (Å²) < 4.78 is 27.3. The molecule has 0 amide bonds. The summed E-state index contributed by atoms with van der Waals surface area (Å²) in [5.74, 6) is 0.00819. The molecule has 1 aliphatic rings. The van der Waals surface area contributed by atoms with Crippen molar-refractivity contribution in [3.8, 4) is 0 Å². The predicted molar refractivity (Wildman–Crippen MR) is 115 cm³/mol. The fourth-order valence-corrected chi connectivity index (χ4v) is 3.07. The van der Waals surface area contributed by atoms with E-state index in [0.717, 1.165) is 30.7 Å². The van der Waals surface area contributed by atoms with Crippen LogP contribution in [0.3, 0.4) is 0 Å². The highest BCUT2D eigenvalue weighted by molar-refractivity contribution is 14.0. The number of hydrogen-bond acceptors (Lipinski definition) is 3. The largest absolute Gasteiger partial charge is 0.366 e. The zero-order valence-corrected chi connectivity index (χ0v) is 17.6. The maximum Gasteiger partial charge on any atom is 0.193 e. The number of pyridine rings is 1. The van der Waals surface area contributed by atoms with Crippen molar-refractivity contribution in [2.45, 2.75) is 6.42 Å². The van der Waals surface area contributed by atoms with E-state index in [1.54, 1.807) is 13.2 Å². The van der Waals surface area contributed by atoms with E-state index in [2.05, 4.69) is 20.2 Å². The average molecular weight is 487 g/mol. The number of benzene rings is 1. The molecule has 0 atom stereocenters. The molecule has 1 aromatic heterocycles. The Morgan fingerprint density at radius 1 is 1.15 bits per heavy atom. The third-order valence-electron chi connectivity index (χ3n) is 4.43. The molecule has 3 rings (SSSR count). The van der Waals surface area contributed by atoms with Gasteiger partial charge in [-0.3, -0.25) is 9.98 Å². The Balaban J connectivity index is 0.00000261. The lowest BCUT2D eigenvalue weighted by molar-refractivity contribution is 0.371. The Hall–Kier alpha value is -1.97. The molecule has 0 radical (unpaired) electrons. The standard InChI is InChI=1S/C19H23F2N5.HI/c1-22-19(24-9-7-16-4-2-3-8-23-16)26-12-10-25(11-13-26)18-14-15(20)5-6-17(18)21;/h2-6,8,14H,7,9-13H2,1H3,(H,22,24);1H. The van der Waals surface area contributed by atoms with Crippen LogP contribution < -0.4 is 10.2 Å². The number of piperazine rings is 1. The number of halogens is 3. The zero-order valence-electron chi connectivity index (χ0n) is 15.2. The van der Waals surface area contributed by atoms with Crippen LogP contribution in [-0.4, -0.2) is 55.6 Å². The fraction of sp³-hybridized carbons (Fsp3) is 0.368. The van der Waals surface area contributed by atoms with Crippen LogP contribution in [0.15, 0.2) is 47.6 Å². The van der Waals surface area contributed by atoms with Crippen molar-refractivity contribution in [1.29, 1.82) is 0 Å². The molecular formula is C19H24F2IN5. The quantitative estimate of drug-likeness (QED) is 0.410. The van der Waals surface area contributed by atoms with Gasteiger partial charge < -0.3 is 15.1 Å². The molecule has 27 heavy (non-hydrogen) atoms. The summed E-state index contributed by atoms with van der Waals surface area (Å²) in [6, 6.07) is 9.44. The van der Waals surface area contributed by atoms with Gasteiger partial charge in [0.15, 0.2) is 5.96 Å². The van der Waals surface area contributed by atoms with Gasteiger partial charge in [0.05, 0.1) is 5.69 Å². The average Bonchev–Trinajstić information content (AvgIpc) is 2.68. The molecule has 1 aliphatic heterocycles. The third-order valence-corrected chi connectivity index (χ3v) is 4.43. The van der Waals surface area contributed by atoms with E-state index in [9.17, 15) is 8.78 Å². The third kappa shape index (κ3) is 5.75. The Labute approximate surface area is 175 Å². The van der Waals surface area contributed by atoms with E-state index < -0.39 is 11.6 Å². The van der Waals surface area contributed by atoms with Gasteiger partial charge >= 0.3 is 0 Å². The van der Waals surface area contributed by atoms with Crippen LogP contribution in [0.25, 0.3) is 0 Å². The van der Waals surface area contributed by atoms with Crippen molar-refractivity contribution in [2.24, 2.45) is 4.99 Å². The van der Waals surface area contributed by atoms with E-state index in [1.807, 2.05) is 23.1 Å². The second-order valence-corrected chi connectivity index (χ2v) is 6.11. The lowest BCUT2D eigenvalue weighted by atomic mass is 10.2. The molecule has 5 nitrogen and oxygen atoms in total. The fourth-order valence-electron chi connectivity index (χ4n) is 3.07. The molecule has 1 fully saturated rings. The van der Waals surface area contributed by atoms with E-state index in [-0.39, 0.29) is 24.0 Å². The first-order valence-electron chi connectivity index (χ1n) is 8.73. The Morgan fingerprint density at radius 2 is 1.93 bits per heavy atom. The summed E-state index contributed by atoms with van der Waals surface area (Å²) in [5, 5.41) is 3.35. The minimum atomic E-state index is -0.421. The van der Waals surface area contributed by atoms with Crippen LogP contribution in [0.2, 0.25) is 0 Å². The Bertz CT molecular complexity index is 749. The first kappa shape index (κ1) is 21.3. The van der Waals surface area contributed by atoms with Gasteiger partial charge in [-0.15, -0.1) is 24.0 Å². The van der Waals surface area contributed by atoms with Gasteiger partial charge in [0.25, 0.3) is 0 Å². The predicted octanol–water partition coefficient (Wildman–Crippen LogP) is 2.92. The van der Waals surface area contributed by atoms with Crippen LogP contribution in [0.1, 0.15) is 5.69 Å². The number of nitrogens with one attached hydrogen (secondary N) is 1. The number of anilines is 1. The van der Waals surface area contributed by atoms with E-state index >= 15 is 0 Å². The first-order chi connectivity index (χ1) is 12.7. The van der Waals surface area contributed by atoms with Crippen molar-refractivity contribution in [3.05, 3.63) is 59.9 Å². The molecule has 1 saturated heterocycles. The normalized spacial score (nSPS) is 14.7. The van der Waals surface area contributed by atoms with E-state index in [1.165, 1.54) is 12.1 Å². The summed E-state index contributed by atoms with van der Waals surface area (Å²) in [6.07, 6.45) is 2.60. The summed E-state index contributed by atoms with van der Waals surface area (Å²) in [4.78, 5) is 12.6. The molecule has 0 aliphatic carbocycles. The maximum absolute atomic E-state index is 13.9. The molecule has 2 heterocycles. The lowest BCUT2D eigenvalue weighted by Gasteiger charge is -2.37. The minimum absolute atomic E-state index is 0. The number of hydrogen-bond donors (Lipinski definition) is 1. The molecule has 2 aromatic rings. The number of rotatable bonds is 4. The Kier molecular flexibility index (Phi) is 8.21. The van der Waals surface area contributed by atoms with Gasteiger partial charge in [0, 0.05) is 64.1 Å². The van der Waals surface area contributed by atoms with Crippen LogP contribution in [-0.2, 0) is 6.42 Å². The molecule has 0 bridgehead atoms. The van der Waals surface area contributed by atoms with Crippen molar-refractivity contribution in [1.82, 2.24) is 15.2 Å². The van der Waals surface area contributed by atoms with Gasteiger partial charge in [-0.2, -0.15) is 0 Å². The summed E-state index contributed by atoms with van der Waals surface area (Å²) in [6.45, 7) is 3.35. The molecule has 0 spiro atoms. The monoisotopic (exact) mass is 487 g/mol. The summed E-state index contributed by atoms with van der Waals surface area (Å²) in [5.41, 5.74) is 1.35. The zero-order chi connectivity index (χ0) is 18.4. The van der Waals surface area contributed by atoms with Crippen molar-refractivity contribution in [2.75, 3.05) is 44.7 Å². The molecule has 0 unspecified atom stereocenters. The molecular weight excluding hydrogens is 463 g/mol. The molecule has 8 heteroatoms. The van der Waals surface area contributed by atoms with Crippen LogP contribution in [0.4, 0.5) is 14.5 Å². The van der Waals surface area contributed by atoms with Gasteiger partial charge in [0.2, 0.25) is 0 Å². The van der Waals surface area contributed by atoms with Crippen molar-refractivity contribution >= 4 is 35.6 Å². The second-order valence-electron chi connectivity index (χ2n) is 6.11.